The van der Waals surface area contributed by atoms with Gasteiger partial charge >= 0.3 is 0 Å². The second-order valence-electron chi connectivity index (χ2n) is 6.23. The molecule has 0 amide bonds. The van der Waals surface area contributed by atoms with Gasteiger partial charge in [0.2, 0.25) is 0 Å². The minimum absolute atomic E-state index is 0.413. The zero-order valence-corrected chi connectivity index (χ0v) is 13.4. The van der Waals surface area contributed by atoms with Gasteiger partial charge in [-0.25, -0.2) is 0 Å². The summed E-state index contributed by atoms with van der Waals surface area (Å²) in [6.07, 6.45) is 1.24. The second kappa shape index (κ2) is 7.66. The van der Waals surface area contributed by atoms with Crippen molar-refractivity contribution >= 4 is 0 Å². The minimum Gasteiger partial charge on any atom is -0.309 e. The van der Waals surface area contributed by atoms with Crippen molar-refractivity contribution in [3.05, 3.63) is 35.4 Å². The fourth-order valence-corrected chi connectivity index (χ4v) is 2.52. The maximum atomic E-state index is 3.68. The molecule has 0 aliphatic rings. The molecule has 0 fully saturated rings. The van der Waals surface area contributed by atoms with Crippen LogP contribution in [0.3, 0.4) is 0 Å². The highest BCUT2D eigenvalue weighted by molar-refractivity contribution is 5.28. The van der Waals surface area contributed by atoms with E-state index in [4.69, 9.17) is 0 Å². The molecule has 19 heavy (non-hydrogen) atoms. The molecule has 108 valence electrons. The first kappa shape index (κ1) is 16.2. The number of nitrogens with one attached hydrogen (secondary N) is 1. The van der Waals surface area contributed by atoms with E-state index in [1.54, 1.807) is 0 Å². The second-order valence-corrected chi connectivity index (χ2v) is 6.23. The van der Waals surface area contributed by atoms with Crippen molar-refractivity contribution in [2.24, 2.45) is 5.92 Å². The lowest BCUT2D eigenvalue weighted by Gasteiger charge is -2.28. The number of hydrogen-bond donors (Lipinski definition) is 1. The van der Waals surface area contributed by atoms with Gasteiger partial charge in [-0.2, -0.15) is 0 Å². The highest BCUT2D eigenvalue weighted by Crippen LogP contribution is 2.17. The van der Waals surface area contributed by atoms with Gasteiger partial charge in [-0.15, -0.1) is 0 Å². The standard InChI is InChI=1S/C17H30N2/c1-13(2)11-16(19(5)6)12-18-15(4)17-10-8-7-9-14(17)3/h7-10,13,15-16,18H,11-12H2,1-6H3. The lowest BCUT2D eigenvalue weighted by Crippen LogP contribution is -2.39. The molecule has 0 spiro atoms. The lowest BCUT2D eigenvalue weighted by molar-refractivity contribution is 0.242. The Balaban J connectivity index is 2.57. The van der Waals surface area contributed by atoms with Crippen molar-refractivity contribution in [3.8, 4) is 0 Å². The minimum atomic E-state index is 0.413. The highest BCUT2D eigenvalue weighted by Gasteiger charge is 2.15. The first-order valence-electron chi connectivity index (χ1n) is 7.37. The summed E-state index contributed by atoms with van der Waals surface area (Å²) in [6, 6.07) is 9.65. The van der Waals surface area contributed by atoms with Crippen LogP contribution in [0, 0.1) is 12.8 Å². The van der Waals surface area contributed by atoms with Crippen molar-refractivity contribution in [2.75, 3.05) is 20.6 Å². The van der Waals surface area contributed by atoms with Crippen LogP contribution in [0.15, 0.2) is 24.3 Å². The van der Waals surface area contributed by atoms with Gasteiger partial charge in [0.05, 0.1) is 0 Å². The quantitative estimate of drug-likeness (QED) is 0.807. The number of nitrogens with zero attached hydrogens (tertiary/aromatic N) is 1. The molecule has 0 heterocycles. The summed E-state index contributed by atoms with van der Waals surface area (Å²) in [5, 5.41) is 3.68. The summed E-state index contributed by atoms with van der Waals surface area (Å²) < 4.78 is 0. The molecule has 1 aromatic rings. The summed E-state index contributed by atoms with van der Waals surface area (Å²) >= 11 is 0. The Morgan fingerprint density at radius 1 is 1.11 bits per heavy atom. The molecule has 0 aliphatic heterocycles. The Hall–Kier alpha value is -0.860. The molecule has 0 saturated carbocycles. The largest absolute Gasteiger partial charge is 0.309 e. The molecule has 2 atom stereocenters. The summed E-state index contributed by atoms with van der Waals surface area (Å²) in [5.74, 6) is 0.739. The normalized spacial score (nSPS) is 14.9. The molecule has 0 saturated heterocycles. The van der Waals surface area contributed by atoms with Gasteiger partial charge in [-0.3, -0.25) is 0 Å². The predicted octanol–water partition coefficient (Wildman–Crippen LogP) is 3.62. The van der Waals surface area contributed by atoms with Gasteiger partial charge in [0.15, 0.2) is 0 Å². The highest BCUT2D eigenvalue weighted by atomic mass is 15.1. The number of likely N-dealkylation sites (N-methyl/N-ethyl adjacent to an activating group) is 1. The Morgan fingerprint density at radius 2 is 1.74 bits per heavy atom. The molecule has 0 aromatic heterocycles. The Morgan fingerprint density at radius 3 is 2.26 bits per heavy atom. The van der Waals surface area contributed by atoms with Gasteiger partial charge in [0, 0.05) is 18.6 Å². The van der Waals surface area contributed by atoms with Crippen molar-refractivity contribution < 1.29 is 0 Å². The fourth-order valence-electron chi connectivity index (χ4n) is 2.52. The summed E-state index contributed by atoms with van der Waals surface area (Å²) in [4.78, 5) is 2.33. The maximum Gasteiger partial charge on any atom is 0.0295 e. The van der Waals surface area contributed by atoms with E-state index < -0.39 is 0 Å². The van der Waals surface area contributed by atoms with Gasteiger partial charge in [0.25, 0.3) is 0 Å². The van der Waals surface area contributed by atoms with Gasteiger partial charge in [-0.05, 0) is 51.4 Å². The molecule has 0 bridgehead atoms. The summed E-state index contributed by atoms with van der Waals surface area (Å²) in [7, 11) is 4.35. The molecule has 1 aromatic carbocycles. The van der Waals surface area contributed by atoms with E-state index >= 15 is 0 Å². The van der Waals surface area contributed by atoms with E-state index in [0.29, 0.717) is 12.1 Å². The predicted molar refractivity (Wildman–Crippen MR) is 84.5 cm³/mol. The molecular weight excluding hydrogens is 232 g/mol. The van der Waals surface area contributed by atoms with Crippen LogP contribution >= 0.6 is 0 Å². The average Bonchev–Trinajstić information content (AvgIpc) is 2.34. The Kier molecular flexibility index (Phi) is 6.53. The zero-order valence-electron chi connectivity index (χ0n) is 13.4. The monoisotopic (exact) mass is 262 g/mol. The lowest BCUT2D eigenvalue weighted by atomic mass is 10.0. The summed E-state index contributed by atoms with van der Waals surface area (Å²) in [6.45, 7) is 10.1. The van der Waals surface area contributed by atoms with E-state index in [1.165, 1.54) is 17.5 Å². The SMILES string of the molecule is Cc1ccccc1C(C)NCC(CC(C)C)N(C)C. The Bertz CT molecular complexity index is 371. The van der Waals surface area contributed by atoms with Crippen LogP contribution in [0.1, 0.15) is 44.4 Å². The molecule has 1 rings (SSSR count). The van der Waals surface area contributed by atoms with Crippen molar-refractivity contribution in [3.63, 3.8) is 0 Å². The van der Waals surface area contributed by atoms with Crippen LogP contribution in [0.4, 0.5) is 0 Å². The number of rotatable bonds is 7. The van der Waals surface area contributed by atoms with E-state index in [2.05, 4.69) is 76.3 Å². The molecule has 0 radical (unpaired) electrons. The van der Waals surface area contributed by atoms with Crippen LogP contribution < -0.4 is 5.32 Å². The van der Waals surface area contributed by atoms with Crippen LogP contribution in [-0.2, 0) is 0 Å². The number of aryl methyl sites for hydroxylation is 1. The molecule has 2 unspecified atom stereocenters. The topological polar surface area (TPSA) is 15.3 Å². The van der Waals surface area contributed by atoms with E-state index in [9.17, 15) is 0 Å². The molecule has 2 heteroatoms. The first-order chi connectivity index (χ1) is 8.91. The summed E-state index contributed by atoms with van der Waals surface area (Å²) in [5.41, 5.74) is 2.78. The van der Waals surface area contributed by atoms with Gasteiger partial charge in [0.1, 0.15) is 0 Å². The van der Waals surface area contributed by atoms with Crippen LogP contribution in [0.5, 0.6) is 0 Å². The zero-order chi connectivity index (χ0) is 14.4. The maximum absolute atomic E-state index is 3.68. The van der Waals surface area contributed by atoms with Crippen LogP contribution in [0.2, 0.25) is 0 Å². The van der Waals surface area contributed by atoms with E-state index in [1.807, 2.05) is 0 Å². The van der Waals surface area contributed by atoms with Crippen molar-refractivity contribution in [1.82, 2.24) is 10.2 Å². The van der Waals surface area contributed by atoms with Crippen LogP contribution in [0.25, 0.3) is 0 Å². The third-order valence-electron chi connectivity index (χ3n) is 3.79. The molecule has 0 aliphatic carbocycles. The average molecular weight is 262 g/mol. The third kappa shape index (κ3) is 5.33. The van der Waals surface area contributed by atoms with Crippen molar-refractivity contribution in [1.29, 1.82) is 0 Å². The van der Waals surface area contributed by atoms with E-state index in [0.717, 1.165) is 12.5 Å². The van der Waals surface area contributed by atoms with E-state index in [-0.39, 0.29) is 0 Å². The third-order valence-corrected chi connectivity index (χ3v) is 3.79. The molecular formula is C17H30N2. The number of hydrogen-bond acceptors (Lipinski definition) is 2. The van der Waals surface area contributed by atoms with Gasteiger partial charge < -0.3 is 10.2 Å². The number of benzene rings is 1. The molecule has 1 N–H and O–H groups in total. The van der Waals surface area contributed by atoms with Crippen LogP contribution in [-0.4, -0.2) is 31.6 Å². The Labute approximate surface area is 119 Å². The molecule has 2 nitrogen and oxygen atoms in total. The van der Waals surface area contributed by atoms with Gasteiger partial charge in [-0.1, -0.05) is 38.1 Å². The smallest absolute Gasteiger partial charge is 0.0295 e. The fraction of sp³-hybridized carbons (Fsp3) is 0.647. The van der Waals surface area contributed by atoms with Crippen molar-refractivity contribution in [2.45, 2.75) is 46.2 Å². The first-order valence-corrected chi connectivity index (χ1v) is 7.37.